The zero-order chi connectivity index (χ0) is 30.8. The van der Waals surface area contributed by atoms with Gasteiger partial charge in [-0.25, -0.2) is 27.7 Å². The van der Waals surface area contributed by atoms with Crippen LogP contribution >= 0.6 is 23.1 Å². The summed E-state index contributed by atoms with van der Waals surface area (Å²) in [5.74, 6) is 0.403. The van der Waals surface area contributed by atoms with Crippen LogP contribution in [0, 0.1) is 0 Å². The number of benzene rings is 2. The molecule has 228 valence electrons. The second-order valence-corrected chi connectivity index (χ2v) is 13.6. The summed E-state index contributed by atoms with van der Waals surface area (Å²) in [7, 11) is -4.11. The smallest absolute Gasteiger partial charge is 0.357 e. The summed E-state index contributed by atoms with van der Waals surface area (Å²) < 4.78 is 36.7. The number of imidazole rings is 1. The van der Waals surface area contributed by atoms with Gasteiger partial charge in [-0.15, -0.1) is 11.3 Å². The van der Waals surface area contributed by atoms with E-state index in [9.17, 15) is 18.0 Å². The van der Waals surface area contributed by atoms with Gasteiger partial charge in [-0.1, -0.05) is 80.6 Å². The fourth-order valence-electron chi connectivity index (χ4n) is 4.42. The molecule has 9 nitrogen and oxygen atoms in total. The summed E-state index contributed by atoms with van der Waals surface area (Å²) in [5.41, 5.74) is 2.49. The number of sulfonamides is 1. The highest BCUT2D eigenvalue weighted by atomic mass is 32.2. The third kappa shape index (κ3) is 8.27. The molecule has 2 heterocycles. The second-order valence-electron chi connectivity index (χ2n) is 9.68. The lowest BCUT2D eigenvalue weighted by atomic mass is 10.0. The SMILES string of the molecule is CCCCc1nc(Sc2cccs2)c(C(=O)OCC)n1Cc1ccc(-c2ccccc2S(=O)(=O)NC(=O)NCCC)cc1. The molecule has 12 heteroatoms. The van der Waals surface area contributed by atoms with Crippen molar-refractivity contribution >= 4 is 45.1 Å². The summed E-state index contributed by atoms with van der Waals surface area (Å²) in [6.07, 6.45) is 3.32. The van der Waals surface area contributed by atoms with E-state index in [1.54, 1.807) is 36.5 Å². The molecule has 0 aliphatic heterocycles. The van der Waals surface area contributed by atoms with E-state index in [-0.39, 0.29) is 11.5 Å². The molecule has 0 saturated heterocycles. The fourth-order valence-corrected chi connectivity index (χ4v) is 7.40. The van der Waals surface area contributed by atoms with Crippen LogP contribution in [0.5, 0.6) is 0 Å². The Bertz CT molecular complexity index is 1630. The number of carbonyl (C=O) groups excluding carboxylic acids is 2. The van der Waals surface area contributed by atoms with Gasteiger partial charge in [0.25, 0.3) is 10.0 Å². The third-order valence-electron chi connectivity index (χ3n) is 6.47. The number of unbranched alkanes of at least 4 members (excludes halogenated alkanes) is 1. The Morgan fingerprint density at radius 1 is 1.00 bits per heavy atom. The van der Waals surface area contributed by atoms with E-state index < -0.39 is 22.0 Å². The van der Waals surface area contributed by atoms with Gasteiger partial charge >= 0.3 is 12.0 Å². The molecule has 0 radical (unpaired) electrons. The van der Waals surface area contributed by atoms with Gasteiger partial charge in [0.05, 0.1) is 15.7 Å². The van der Waals surface area contributed by atoms with E-state index in [1.807, 2.05) is 53.3 Å². The molecular formula is C31H36N4O5S3. The highest BCUT2D eigenvalue weighted by Crippen LogP contribution is 2.35. The number of carbonyl (C=O) groups is 2. The summed E-state index contributed by atoms with van der Waals surface area (Å²) >= 11 is 3.05. The first-order valence-corrected chi connectivity index (χ1v) is 17.4. The first-order chi connectivity index (χ1) is 20.8. The van der Waals surface area contributed by atoms with Crippen LogP contribution < -0.4 is 10.0 Å². The van der Waals surface area contributed by atoms with Gasteiger partial charge in [0.15, 0.2) is 5.69 Å². The molecular weight excluding hydrogens is 605 g/mol. The molecule has 0 aliphatic carbocycles. The number of esters is 1. The Labute approximate surface area is 261 Å². The summed E-state index contributed by atoms with van der Waals surface area (Å²) in [4.78, 5) is 30.2. The number of aromatic nitrogens is 2. The third-order valence-corrected chi connectivity index (χ3v) is 9.88. The minimum absolute atomic E-state index is 0.00528. The standard InChI is InChI=1S/C31H36N4O5S3/c1-4-7-13-26-33-29(42-27-14-10-20-41-27)28(30(36)40-6-3)35(26)21-22-15-17-23(18-16-22)24-11-8-9-12-25(24)43(38,39)34-31(37)32-19-5-2/h8-12,14-18,20H,4-7,13,19,21H2,1-3H3,(H2,32,34,37). The summed E-state index contributed by atoms with van der Waals surface area (Å²) in [6, 6.07) is 17.3. The molecule has 43 heavy (non-hydrogen) atoms. The fraction of sp³-hybridized carbons (Fsp3) is 0.323. The first kappa shape index (κ1) is 32.3. The predicted octanol–water partition coefficient (Wildman–Crippen LogP) is 6.73. The molecule has 0 atom stereocenters. The Morgan fingerprint density at radius 2 is 1.77 bits per heavy atom. The number of nitrogens with one attached hydrogen (secondary N) is 2. The zero-order valence-electron chi connectivity index (χ0n) is 24.5. The van der Waals surface area contributed by atoms with Gasteiger partial charge in [-0.2, -0.15) is 0 Å². The Hall–Kier alpha value is -3.61. The Balaban J connectivity index is 1.66. The van der Waals surface area contributed by atoms with Crippen LogP contribution in [-0.2, 0) is 27.7 Å². The number of aryl methyl sites for hydroxylation is 1. The molecule has 2 N–H and O–H groups in total. The number of amides is 2. The topological polar surface area (TPSA) is 119 Å². The molecule has 0 spiro atoms. The maximum atomic E-state index is 13.2. The average molecular weight is 641 g/mol. The van der Waals surface area contributed by atoms with Crippen molar-refractivity contribution in [3.05, 3.63) is 83.1 Å². The van der Waals surface area contributed by atoms with Crippen LogP contribution in [0.1, 0.15) is 61.9 Å². The summed E-state index contributed by atoms with van der Waals surface area (Å²) in [6.45, 7) is 6.80. The minimum Gasteiger partial charge on any atom is -0.461 e. The number of hydrogen-bond acceptors (Lipinski definition) is 8. The lowest BCUT2D eigenvalue weighted by Gasteiger charge is -2.14. The lowest BCUT2D eigenvalue weighted by Crippen LogP contribution is -2.39. The van der Waals surface area contributed by atoms with E-state index in [2.05, 4.69) is 17.0 Å². The monoisotopic (exact) mass is 640 g/mol. The van der Waals surface area contributed by atoms with Crippen molar-refractivity contribution in [1.82, 2.24) is 19.6 Å². The van der Waals surface area contributed by atoms with Crippen molar-refractivity contribution in [2.45, 2.75) is 67.1 Å². The van der Waals surface area contributed by atoms with Gasteiger partial charge in [-0.3, -0.25) is 0 Å². The number of thiophene rings is 1. The second kappa shape index (κ2) is 15.2. The molecule has 2 aromatic carbocycles. The largest absolute Gasteiger partial charge is 0.461 e. The normalized spacial score (nSPS) is 11.3. The molecule has 4 aromatic rings. The van der Waals surface area contributed by atoms with Gasteiger partial charge in [0, 0.05) is 25.1 Å². The molecule has 0 bridgehead atoms. The van der Waals surface area contributed by atoms with E-state index in [1.165, 1.54) is 17.8 Å². The Morgan fingerprint density at radius 3 is 2.44 bits per heavy atom. The van der Waals surface area contributed by atoms with Crippen molar-refractivity contribution in [3.63, 3.8) is 0 Å². The number of hydrogen-bond donors (Lipinski definition) is 2. The average Bonchev–Trinajstić information content (AvgIpc) is 3.63. The van der Waals surface area contributed by atoms with Crippen LogP contribution in [0.3, 0.4) is 0 Å². The minimum atomic E-state index is -4.11. The summed E-state index contributed by atoms with van der Waals surface area (Å²) in [5, 5.41) is 5.14. The van der Waals surface area contributed by atoms with Crippen molar-refractivity contribution in [1.29, 1.82) is 0 Å². The van der Waals surface area contributed by atoms with E-state index >= 15 is 0 Å². The molecule has 0 fully saturated rings. The van der Waals surface area contributed by atoms with E-state index in [4.69, 9.17) is 9.72 Å². The predicted molar refractivity (Wildman–Crippen MR) is 170 cm³/mol. The first-order valence-electron chi connectivity index (χ1n) is 14.2. The van der Waals surface area contributed by atoms with Gasteiger partial charge in [0.1, 0.15) is 10.9 Å². The molecule has 0 unspecified atom stereocenters. The highest BCUT2D eigenvalue weighted by molar-refractivity contribution is 8.01. The maximum Gasteiger partial charge on any atom is 0.357 e. The maximum absolute atomic E-state index is 13.2. The Kier molecular flexibility index (Phi) is 11.4. The van der Waals surface area contributed by atoms with Crippen molar-refractivity contribution < 1.29 is 22.7 Å². The highest BCUT2D eigenvalue weighted by Gasteiger charge is 2.26. The van der Waals surface area contributed by atoms with E-state index in [0.717, 1.165) is 34.9 Å². The van der Waals surface area contributed by atoms with Crippen LogP contribution in [0.25, 0.3) is 11.1 Å². The molecule has 4 rings (SSSR count). The lowest BCUT2D eigenvalue weighted by molar-refractivity contribution is 0.0509. The van der Waals surface area contributed by atoms with Crippen LogP contribution in [0.4, 0.5) is 4.79 Å². The van der Waals surface area contributed by atoms with Gasteiger partial charge in [0.2, 0.25) is 0 Å². The number of nitrogens with zero attached hydrogens (tertiary/aromatic N) is 2. The number of rotatable bonds is 14. The van der Waals surface area contributed by atoms with Crippen LogP contribution in [-0.4, -0.2) is 43.1 Å². The molecule has 2 amide bonds. The van der Waals surface area contributed by atoms with Crippen LogP contribution in [0.2, 0.25) is 0 Å². The van der Waals surface area contributed by atoms with Crippen molar-refractivity contribution in [2.24, 2.45) is 0 Å². The molecule has 0 aliphatic rings. The van der Waals surface area contributed by atoms with Crippen LogP contribution in [0.15, 0.2) is 80.2 Å². The van der Waals surface area contributed by atoms with E-state index in [0.29, 0.717) is 41.4 Å². The van der Waals surface area contributed by atoms with Crippen molar-refractivity contribution in [2.75, 3.05) is 13.2 Å². The zero-order valence-corrected chi connectivity index (χ0v) is 26.9. The quantitative estimate of drug-likeness (QED) is 0.147. The molecule has 2 aromatic heterocycles. The van der Waals surface area contributed by atoms with Gasteiger partial charge < -0.3 is 14.6 Å². The van der Waals surface area contributed by atoms with Crippen molar-refractivity contribution in [3.8, 4) is 11.1 Å². The molecule has 0 saturated carbocycles. The van der Waals surface area contributed by atoms with Gasteiger partial charge in [-0.05, 0) is 48.4 Å². The number of urea groups is 1. The number of ether oxygens (including phenoxy) is 1.